The molecule has 2 unspecified atom stereocenters. The number of benzene rings is 1. The quantitative estimate of drug-likeness (QED) is 0.421. The number of amides is 3. The summed E-state index contributed by atoms with van der Waals surface area (Å²) in [4.78, 5) is 37.7. The Bertz CT molecular complexity index is 869. The van der Waals surface area contributed by atoms with Crippen molar-refractivity contribution in [2.45, 2.75) is 71.1 Å². The van der Waals surface area contributed by atoms with E-state index in [0.717, 1.165) is 0 Å². The molecule has 36 heavy (non-hydrogen) atoms. The first kappa shape index (κ1) is 31.0. The van der Waals surface area contributed by atoms with E-state index in [1.165, 1.54) is 26.1 Å². The van der Waals surface area contributed by atoms with Crippen molar-refractivity contribution in [2.75, 3.05) is 6.54 Å². The molecule has 1 aromatic rings. The SMILES string of the molecule is CC(C)CNC(=O)C(Cc1ccccc1)NC(=O)C(NC(=O)OC(C)(C)C)C(C(F)(F)F)C(F)(F)F. The molecule has 7 nitrogen and oxygen atoms in total. The summed E-state index contributed by atoms with van der Waals surface area (Å²) in [6.45, 7) is 7.68. The zero-order valence-electron chi connectivity index (χ0n) is 20.5. The van der Waals surface area contributed by atoms with E-state index in [1.54, 1.807) is 44.2 Å². The third kappa shape index (κ3) is 10.7. The molecular weight excluding hydrogens is 496 g/mol. The minimum absolute atomic E-state index is 0.0246. The Morgan fingerprint density at radius 1 is 0.861 bits per heavy atom. The van der Waals surface area contributed by atoms with Crippen LogP contribution in [0.3, 0.4) is 0 Å². The molecule has 0 aliphatic rings. The highest BCUT2D eigenvalue weighted by Gasteiger charge is 2.62. The van der Waals surface area contributed by atoms with Gasteiger partial charge in [-0.15, -0.1) is 0 Å². The maximum Gasteiger partial charge on any atom is 0.408 e. The van der Waals surface area contributed by atoms with Crippen LogP contribution in [0.5, 0.6) is 0 Å². The van der Waals surface area contributed by atoms with E-state index in [0.29, 0.717) is 5.56 Å². The maximum atomic E-state index is 13.5. The van der Waals surface area contributed by atoms with Crippen LogP contribution in [0.4, 0.5) is 31.1 Å². The van der Waals surface area contributed by atoms with Crippen molar-refractivity contribution in [2.24, 2.45) is 11.8 Å². The molecule has 0 fully saturated rings. The molecular formula is C23H31F6N3O4. The first-order valence-corrected chi connectivity index (χ1v) is 11.1. The fraction of sp³-hybridized carbons (Fsp3) is 0.609. The van der Waals surface area contributed by atoms with E-state index in [4.69, 9.17) is 4.74 Å². The molecule has 1 rings (SSSR count). The topological polar surface area (TPSA) is 96.5 Å². The van der Waals surface area contributed by atoms with Crippen molar-refractivity contribution in [3.05, 3.63) is 35.9 Å². The standard InChI is InChI=1S/C23H31F6N3O4/c1-13(2)12-30-18(33)15(11-14-9-7-6-8-10-14)31-19(34)16(32-20(35)36-21(3,4)5)17(22(24,25)26)23(27,28)29/h6-10,13,15-17H,11-12H2,1-5H3,(H,30,33)(H,31,34)(H,32,35). The van der Waals surface area contributed by atoms with Gasteiger partial charge < -0.3 is 20.7 Å². The molecule has 0 saturated heterocycles. The number of hydrogen-bond acceptors (Lipinski definition) is 4. The van der Waals surface area contributed by atoms with Gasteiger partial charge in [0.15, 0.2) is 5.92 Å². The van der Waals surface area contributed by atoms with Crippen molar-refractivity contribution in [3.8, 4) is 0 Å². The number of nitrogens with one attached hydrogen (secondary N) is 3. The maximum absolute atomic E-state index is 13.5. The Morgan fingerprint density at radius 3 is 1.83 bits per heavy atom. The van der Waals surface area contributed by atoms with Gasteiger partial charge in [0, 0.05) is 13.0 Å². The molecule has 0 bridgehead atoms. The second-order valence-electron chi connectivity index (χ2n) is 9.57. The molecule has 0 spiro atoms. The molecule has 204 valence electrons. The molecule has 3 N–H and O–H groups in total. The van der Waals surface area contributed by atoms with Crippen LogP contribution in [-0.2, 0) is 20.7 Å². The average molecular weight is 528 g/mol. The molecule has 0 heterocycles. The van der Waals surface area contributed by atoms with Crippen LogP contribution >= 0.6 is 0 Å². The van der Waals surface area contributed by atoms with E-state index < -0.39 is 53.9 Å². The summed E-state index contributed by atoms with van der Waals surface area (Å²) in [5.74, 6) is -6.94. The van der Waals surface area contributed by atoms with Crippen LogP contribution < -0.4 is 16.0 Å². The van der Waals surface area contributed by atoms with Crippen molar-refractivity contribution in [1.82, 2.24) is 16.0 Å². The number of alkyl halides is 6. The Labute approximate surface area is 205 Å². The average Bonchev–Trinajstić information content (AvgIpc) is 2.68. The number of ether oxygens (including phenoxy) is 1. The van der Waals surface area contributed by atoms with Crippen LogP contribution in [-0.4, -0.2) is 54.5 Å². The predicted molar refractivity (Wildman–Crippen MR) is 119 cm³/mol. The molecule has 0 saturated carbocycles. The Kier molecular flexibility index (Phi) is 10.6. The normalized spacial score (nSPS) is 14.2. The molecule has 0 aliphatic carbocycles. The van der Waals surface area contributed by atoms with Gasteiger partial charge in [-0.1, -0.05) is 44.2 Å². The second-order valence-corrected chi connectivity index (χ2v) is 9.57. The predicted octanol–water partition coefficient (Wildman–Crippen LogP) is 4.12. The fourth-order valence-corrected chi connectivity index (χ4v) is 3.05. The smallest absolute Gasteiger partial charge is 0.408 e. The van der Waals surface area contributed by atoms with E-state index in [1.807, 2.05) is 5.32 Å². The van der Waals surface area contributed by atoms with Gasteiger partial charge in [0.25, 0.3) is 0 Å². The van der Waals surface area contributed by atoms with Crippen LogP contribution in [0.2, 0.25) is 0 Å². The van der Waals surface area contributed by atoms with E-state index in [-0.39, 0.29) is 18.9 Å². The molecule has 3 amide bonds. The first-order valence-electron chi connectivity index (χ1n) is 11.1. The van der Waals surface area contributed by atoms with E-state index in [2.05, 4.69) is 5.32 Å². The third-order valence-electron chi connectivity index (χ3n) is 4.59. The lowest BCUT2D eigenvalue weighted by Gasteiger charge is -2.32. The Morgan fingerprint density at radius 2 is 1.39 bits per heavy atom. The number of alkyl carbamates (subject to hydrolysis) is 1. The van der Waals surface area contributed by atoms with Gasteiger partial charge in [0.05, 0.1) is 0 Å². The van der Waals surface area contributed by atoms with Crippen molar-refractivity contribution >= 4 is 17.9 Å². The lowest BCUT2D eigenvalue weighted by Crippen LogP contribution is -2.62. The van der Waals surface area contributed by atoms with Crippen LogP contribution in [0, 0.1) is 11.8 Å². The second kappa shape index (κ2) is 12.3. The largest absolute Gasteiger partial charge is 0.444 e. The summed E-state index contributed by atoms with van der Waals surface area (Å²) in [6.07, 6.45) is -13.8. The van der Waals surface area contributed by atoms with Gasteiger partial charge >= 0.3 is 18.4 Å². The minimum atomic E-state index is -5.95. The molecule has 1 aromatic carbocycles. The molecule has 13 heteroatoms. The molecule has 0 aliphatic heterocycles. The number of rotatable bonds is 9. The first-order chi connectivity index (χ1) is 16.3. The van der Waals surface area contributed by atoms with Crippen molar-refractivity contribution in [3.63, 3.8) is 0 Å². The monoisotopic (exact) mass is 527 g/mol. The molecule has 0 aromatic heterocycles. The lowest BCUT2D eigenvalue weighted by atomic mass is 9.96. The number of carbonyl (C=O) groups is 3. The zero-order chi connectivity index (χ0) is 27.9. The highest BCUT2D eigenvalue weighted by Crippen LogP contribution is 2.41. The highest BCUT2D eigenvalue weighted by atomic mass is 19.4. The summed E-state index contributed by atoms with van der Waals surface area (Å²) >= 11 is 0. The number of halogens is 6. The highest BCUT2D eigenvalue weighted by molar-refractivity contribution is 5.91. The molecule has 0 radical (unpaired) electrons. The zero-order valence-corrected chi connectivity index (χ0v) is 20.5. The van der Waals surface area contributed by atoms with Gasteiger partial charge in [-0.05, 0) is 32.3 Å². The van der Waals surface area contributed by atoms with Crippen LogP contribution in [0.25, 0.3) is 0 Å². The van der Waals surface area contributed by atoms with E-state index >= 15 is 0 Å². The Hall–Kier alpha value is -2.99. The summed E-state index contributed by atoms with van der Waals surface area (Å²) in [6, 6.07) is 3.33. The van der Waals surface area contributed by atoms with Crippen LogP contribution in [0.15, 0.2) is 30.3 Å². The van der Waals surface area contributed by atoms with Gasteiger partial charge in [-0.2, -0.15) is 26.3 Å². The molecule has 2 atom stereocenters. The summed E-state index contributed by atoms with van der Waals surface area (Å²) in [5.41, 5.74) is -0.786. The lowest BCUT2D eigenvalue weighted by molar-refractivity contribution is -0.289. The van der Waals surface area contributed by atoms with Gasteiger partial charge in [0.1, 0.15) is 17.7 Å². The van der Waals surface area contributed by atoms with Gasteiger partial charge in [-0.25, -0.2) is 4.79 Å². The third-order valence-corrected chi connectivity index (χ3v) is 4.59. The number of carbonyl (C=O) groups excluding carboxylic acids is 3. The fourth-order valence-electron chi connectivity index (χ4n) is 3.05. The summed E-state index contributed by atoms with van der Waals surface area (Å²) in [7, 11) is 0. The number of hydrogen-bond donors (Lipinski definition) is 3. The van der Waals surface area contributed by atoms with Gasteiger partial charge in [0.2, 0.25) is 11.8 Å². The summed E-state index contributed by atoms with van der Waals surface area (Å²) in [5, 5.41) is 5.86. The van der Waals surface area contributed by atoms with Crippen molar-refractivity contribution in [1.29, 1.82) is 0 Å². The van der Waals surface area contributed by atoms with Crippen molar-refractivity contribution < 1.29 is 45.5 Å². The van der Waals surface area contributed by atoms with Gasteiger partial charge in [-0.3, -0.25) is 9.59 Å². The van der Waals surface area contributed by atoms with Crippen LogP contribution in [0.1, 0.15) is 40.2 Å². The van der Waals surface area contributed by atoms with E-state index in [9.17, 15) is 40.7 Å². The summed E-state index contributed by atoms with van der Waals surface area (Å²) < 4.78 is 85.7. The Balaban J connectivity index is 3.36. The minimum Gasteiger partial charge on any atom is -0.444 e.